The smallest absolute Gasteiger partial charge is 0.150 e. The van der Waals surface area contributed by atoms with Gasteiger partial charge in [-0.05, 0) is 24.5 Å². The second kappa shape index (κ2) is 5.50. The third-order valence-corrected chi connectivity index (χ3v) is 4.31. The van der Waals surface area contributed by atoms with Crippen LogP contribution in [0.5, 0.6) is 0 Å². The summed E-state index contributed by atoms with van der Waals surface area (Å²) in [7, 11) is -2.91. The fourth-order valence-corrected chi connectivity index (χ4v) is 2.37. The van der Waals surface area contributed by atoms with Gasteiger partial charge >= 0.3 is 0 Å². The highest BCUT2D eigenvalue weighted by Gasteiger charge is 2.08. The number of hydrogen-bond donors (Lipinski definition) is 1. The number of aryl methyl sites for hydroxylation is 1. The minimum Gasteiger partial charge on any atom is -0.383 e. The Balaban J connectivity index is 2.59. The molecule has 90 valence electrons. The van der Waals surface area contributed by atoms with E-state index in [0.717, 1.165) is 5.56 Å². The molecule has 0 aliphatic heterocycles. The molecular formula is C10H15ClN2O2S. The van der Waals surface area contributed by atoms with Crippen LogP contribution in [0.15, 0.2) is 12.3 Å². The first-order valence-electron chi connectivity index (χ1n) is 5.05. The first-order valence-corrected chi connectivity index (χ1v) is 7.25. The molecule has 0 aliphatic carbocycles. The summed E-state index contributed by atoms with van der Waals surface area (Å²) in [6.45, 7) is 1.64. The minimum atomic E-state index is -2.91. The SMILES string of the molecule is CCS(=O)(=O)CCCc1cc(Cl)cnc1N. The summed E-state index contributed by atoms with van der Waals surface area (Å²) in [6, 6.07) is 1.72. The molecule has 0 unspecified atom stereocenters. The van der Waals surface area contributed by atoms with E-state index >= 15 is 0 Å². The van der Waals surface area contributed by atoms with E-state index in [2.05, 4.69) is 4.98 Å². The molecule has 1 aromatic heterocycles. The van der Waals surface area contributed by atoms with Crippen LogP contribution in [0.4, 0.5) is 5.82 Å². The maximum absolute atomic E-state index is 11.3. The van der Waals surface area contributed by atoms with E-state index in [1.54, 1.807) is 13.0 Å². The van der Waals surface area contributed by atoms with E-state index in [9.17, 15) is 8.42 Å². The van der Waals surface area contributed by atoms with Gasteiger partial charge in [0.2, 0.25) is 0 Å². The van der Waals surface area contributed by atoms with Crippen LogP contribution in [0.3, 0.4) is 0 Å². The van der Waals surface area contributed by atoms with Crippen molar-refractivity contribution in [2.24, 2.45) is 0 Å². The summed E-state index contributed by atoms with van der Waals surface area (Å²) in [5.74, 6) is 0.768. The van der Waals surface area contributed by atoms with Gasteiger partial charge in [-0.25, -0.2) is 13.4 Å². The highest BCUT2D eigenvalue weighted by molar-refractivity contribution is 7.91. The predicted molar refractivity (Wildman–Crippen MR) is 66.3 cm³/mol. The van der Waals surface area contributed by atoms with Crippen molar-refractivity contribution in [1.82, 2.24) is 4.98 Å². The molecule has 0 aromatic carbocycles. The van der Waals surface area contributed by atoms with Crippen molar-refractivity contribution in [3.05, 3.63) is 22.8 Å². The molecule has 4 nitrogen and oxygen atoms in total. The number of sulfone groups is 1. The molecule has 0 bridgehead atoms. The first kappa shape index (κ1) is 13.3. The van der Waals surface area contributed by atoms with Crippen molar-refractivity contribution in [3.8, 4) is 0 Å². The Kier molecular flexibility index (Phi) is 4.56. The molecule has 6 heteroatoms. The molecule has 1 rings (SSSR count). The Hall–Kier alpha value is -0.810. The number of pyridine rings is 1. The standard InChI is InChI=1S/C10H15ClN2O2S/c1-2-16(14,15)5-3-4-8-6-9(11)7-13-10(8)12/h6-7H,2-5H2,1H3,(H2,12,13). The fraction of sp³-hybridized carbons (Fsp3) is 0.500. The second-order valence-electron chi connectivity index (χ2n) is 3.54. The Morgan fingerprint density at radius 3 is 2.81 bits per heavy atom. The third-order valence-electron chi connectivity index (χ3n) is 2.31. The molecule has 2 N–H and O–H groups in total. The van der Waals surface area contributed by atoms with Crippen LogP contribution >= 0.6 is 11.6 Å². The highest BCUT2D eigenvalue weighted by atomic mass is 35.5. The van der Waals surface area contributed by atoms with Crippen molar-refractivity contribution in [2.75, 3.05) is 17.2 Å². The van der Waals surface area contributed by atoms with E-state index in [1.807, 2.05) is 0 Å². The summed E-state index contributed by atoms with van der Waals surface area (Å²) in [5, 5.41) is 0.516. The maximum Gasteiger partial charge on any atom is 0.150 e. The van der Waals surface area contributed by atoms with E-state index in [-0.39, 0.29) is 11.5 Å². The number of nitrogens with zero attached hydrogens (tertiary/aromatic N) is 1. The normalized spacial score (nSPS) is 11.6. The topological polar surface area (TPSA) is 73.0 Å². The Bertz CT molecular complexity index is 460. The van der Waals surface area contributed by atoms with Gasteiger partial charge in [0.25, 0.3) is 0 Å². The zero-order valence-electron chi connectivity index (χ0n) is 9.11. The molecule has 1 aromatic rings. The molecule has 0 amide bonds. The van der Waals surface area contributed by atoms with Gasteiger partial charge in [0.1, 0.15) is 15.7 Å². The van der Waals surface area contributed by atoms with Crippen LogP contribution in [0.1, 0.15) is 18.9 Å². The van der Waals surface area contributed by atoms with E-state index in [4.69, 9.17) is 17.3 Å². The Morgan fingerprint density at radius 2 is 2.19 bits per heavy atom. The molecule has 0 radical (unpaired) electrons. The minimum absolute atomic E-state index is 0.176. The summed E-state index contributed by atoms with van der Waals surface area (Å²) < 4.78 is 22.5. The maximum atomic E-state index is 11.3. The van der Waals surface area contributed by atoms with Gasteiger partial charge in [-0.15, -0.1) is 0 Å². The van der Waals surface area contributed by atoms with Crippen molar-refractivity contribution in [2.45, 2.75) is 19.8 Å². The van der Waals surface area contributed by atoms with Gasteiger partial charge in [-0.3, -0.25) is 0 Å². The molecule has 0 spiro atoms. The fourth-order valence-electron chi connectivity index (χ4n) is 1.32. The molecule has 0 saturated carbocycles. The molecule has 0 atom stereocenters. The number of nitrogen functional groups attached to an aromatic ring is 1. The van der Waals surface area contributed by atoms with E-state index < -0.39 is 9.84 Å². The van der Waals surface area contributed by atoms with Crippen LogP contribution in [-0.2, 0) is 16.3 Å². The lowest BCUT2D eigenvalue weighted by molar-refractivity contribution is 0.594. The second-order valence-corrected chi connectivity index (χ2v) is 6.45. The zero-order chi connectivity index (χ0) is 12.2. The van der Waals surface area contributed by atoms with Crippen LogP contribution in [-0.4, -0.2) is 24.9 Å². The molecule has 0 saturated heterocycles. The van der Waals surface area contributed by atoms with Gasteiger partial charge in [-0.2, -0.15) is 0 Å². The Morgan fingerprint density at radius 1 is 1.50 bits per heavy atom. The highest BCUT2D eigenvalue weighted by Crippen LogP contribution is 2.16. The summed E-state index contributed by atoms with van der Waals surface area (Å²) in [5.41, 5.74) is 6.46. The quantitative estimate of drug-likeness (QED) is 0.876. The average molecular weight is 263 g/mol. The number of halogens is 1. The van der Waals surface area contributed by atoms with Crippen LogP contribution in [0.2, 0.25) is 5.02 Å². The lowest BCUT2D eigenvalue weighted by atomic mass is 10.1. The summed E-state index contributed by atoms with van der Waals surface area (Å²) in [4.78, 5) is 3.91. The lowest BCUT2D eigenvalue weighted by Crippen LogP contribution is -2.10. The van der Waals surface area contributed by atoms with Crippen molar-refractivity contribution < 1.29 is 8.42 Å². The van der Waals surface area contributed by atoms with Gasteiger partial charge < -0.3 is 5.73 Å². The zero-order valence-corrected chi connectivity index (χ0v) is 10.7. The molecule has 0 fully saturated rings. The van der Waals surface area contributed by atoms with Crippen molar-refractivity contribution in [1.29, 1.82) is 0 Å². The average Bonchev–Trinajstić information content (AvgIpc) is 2.23. The number of rotatable bonds is 5. The van der Waals surface area contributed by atoms with Crippen molar-refractivity contribution >= 4 is 27.3 Å². The molecular weight excluding hydrogens is 248 g/mol. The molecule has 0 aliphatic rings. The van der Waals surface area contributed by atoms with Crippen molar-refractivity contribution in [3.63, 3.8) is 0 Å². The Labute approximate surface area is 101 Å². The van der Waals surface area contributed by atoms with E-state index in [0.29, 0.717) is 23.7 Å². The number of anilines is 1. The monoisotopic (exact) mass is 262 g/mol. The van der Waals surface area contributed by atoms with Crippen LogP contribution < -0.4 is 5.73 Å². The van der Waals surface area contributed by atoms with Crippen LogP contribution in [0.25, 0.3) is 0 Å². The summed E-state index contributed by atoms with van der Waals surface area (Å²) in [6.07, 6.45) is 2.60. The number of nitrogens with two attached hydrogens (primary N) is 1. The number of hydrogen-bond acceptors (Lipinski definition) is 4. The third kappa shape index (κ3) is 3.98. The van der Waals surface area contributed by atoms with Gasteiger partial charge in [0.15, 0.2) is 0 Å². The lowest BCUT2D eigenvalue weighted by Gasteiger charge is -2.05. The number of aromatic nitrogens is 1. The molecule has 16 heavy (non-hydrogen) atoms. The largest absolute Gasteiger partial charge is 0.383 e. The van der Waals surface area contributed by atoms with Gasteiger partial charge in [0.05, 0.1) is 10.8 Å². The van der Waals surface area contributed by atoms with Gasteiger partial charge in [0, 0.05) is 11.9 Å². The summed E-state index contributed by atoms with van der Waals surface area (Å²) >= 11 is 5.78. The molecule has 1 heterocycles. The van der Waals surface area contributed by atoms with E-state index in [1.165, 1.54) is 6.20 Å². The first-order chi connectivity index (χ1) is 7.44. The van der Waals surface area contributed by atoms with Crippen LogP contribution in [0, 0.1) is 0 Å². The predicted octanol–water partition coefficient (Wildman–Crippen LogP) is 1.68. The van der Waals surface area contributed by atoms with Gasteiger partial charge in [-0.1, -0.05) is 18.5 Å².